The minimum atomic E-state index is -0.380. The van der Waals surface area contributed by atoms with Crippen LogP contribution in [-0.2, 0) is 9.53 Å². The van der Waals surface area contributed by atoms with Gasteiger partial charge in [0.15, 0.2) is 0 Å². The highest BCUT2D eigenvalue weighted by molar-refractivity contribution is 5.78. The average Bonchev–Trinajstić information content (AvgIpc) is 2.48. The lowest BCUT2D eigenvalue weighted by atomic mass is 10.0. The molecule has 1 saturated heterocycles. The molecule has 2 atom stereocenters. The van der Waals surface area contributed by atoms with Crippen LogP contribution in [0.3, 0.4) is 0 Å². The number of hydrogen-bond acceptors (Lipinski definition) is 4. The second kappa shape index (κ2) is 3.84. The minimum Gasteiger partial charge on any atom is -0.379 e. The van der Waals surface area contributed by atoms with Gasteiger partial charge in [0.2, 0.25) is 0 Å². The van der Waals surface area contributed by atoms with Crippen LogP contribution in [-0.4, -0.2) is 42.0 Å². The van der Waals surface area contributed by atoms with Gasteiger partial charge in [-0.15, -0.1) is 0 Å². The molecule has 1 fully saturated rings. The van der Waals surface area contributed by atoms with E-state index in [-0.39, 0.29) is 24.4 Å². The average molecular weight is 174 g/mol. The van der Waals surface area contributed by atoms with E-state index in [1.807, 2.05) is 0 Å². The van der Waals surface area contributed by atoms with E-state index in [9.17, 15) is 4.79 Å². The number of nitrogens with two attached hydrogens (primary N) is 1. The number of hydroxylamine groups is 2. The standard InChI is InChI=1S/C7H14N2O3/c1-2-9(11)7(10)5-3-12-4-6(5)8/h5-6,11H,2-4,8H2,1H3. The van der Waals surface area contributed by atoms with Crippen LogP contribution in [0, 0.1) is 5.92 Å². The van der Waals surface area contributed by atoms with Crippen molar-refractivity contribution in [3.8, 4) is 0 Å². The molecule has 5 nitrogen and oxygen atoms in total. The summed E-state index contributed by atoms with van der Waals surface area (Å²) in [7, 11) is 0. The highest BCUT2D eigenvalue weighted by Gasteiger charge is 2.33. The zero-order chi connectivity index (χ0) is 9.14. The molecule has 1 aliphatic rings. The first kappa shape index (κ1) is 9.44. The number of amides is 1. The molecular formula is C7H14N2O3. The fourth-order valence-electron chi connectivity index (χ4n) is 1.17. The number of carbonyl (C=O) groups excluding carboxylic acids is 1. The highest BCUT2D eigenvalue weighted by atomic mass is 16.5. The van der Waals surface area contributed by atoms with E-state index in [2.05, 4.69) is 0 Å². The molecule has 0 bridgehead atoms. The van der Waals surface area contributed by atoms with Crippen molar-refractivity contribution in [3.63, 3.8) is 0 Å². The Morgan fingerprint density at radius 1 is 1.75 bits per heavy atom. The molecule has 1 aliphatic heterocycles. The third-order valence-corrected chi connectivity index (χ3v) is 2.00. The molecule has 70 valence electrons. The smallest absolute Gasteiger partial charge is 0.253 e. The van der Waals surface area contributed by atoms with E-state index in [0.29, 0.717) is 18.3 Å². The number of nitrogens with zero attached hydrogens (tertiary/aromatic N) is 1. The van der Waals surface area contributed by atoms with Crippen molar-refractivity contribution in [1.82, 2.24) is 5.06 Å². The molecule has 1 heterocycles. The quantitative estimate of drug-likeness (QED) is 0.424. The van der Waals surface area contributed by atoms with E-state index in [1.165, 1.54) is 0 Å². The lowest BCUT2D eigenvalue weighted by molar-refractivity contribution is -0.169. The Hall–Kier alpha value is -0.650. The molecular weight excluding hydrogens is 160 g/mol. The molecule has 12 heavy (non-hydrogen) atoms. The second-order valence-corrected chi connectivity index (χ2v) is 2.86. The number of hydrogen-bond donors (Lipinski definition) is 2. The first-order valence-corrected chi connectivity index (χ1v) is 4.00. The summed E-state index contributed by atoms with van der Waals surface area (Å²) in [6.07, 6.45) is 0. The number of ether oxygens (including phenoxy) is 1. The normalized spacial score (nSPS) is 28.9. The summed E-state index contributed by atoms with van der Waals surface area (Å²) in [5, 5.41) is 9.76. The van der Waals surface area contributed by atoms with Crippen molar-refractivity contribution in [2.75, 3.05) is 19.8 Å². The summed E-state index contributed by atoms with van der Waals surface area (Å²) in [4.78, 5) is 11.3. The molecule has 0 aromatic rings. The van der Waals surface area contributed by atoms with Crippen LogP contribution in [0.1, 0.15) is 6.92 Å². The van der Waals surface area contributed by atoms with Gasteiger partial charge in [0.25, 0.3) is 5.91 Å². The Bertz CT molecular complexity index is 174. The third kappa shape index (κ3) is 1.74. The van der Waals surface area contributed by atoms with Crippen LogP contribution in [0.25, 0.3) is 0 Å². The van der Waals surface area contributed by atoms with Crippen LogP contribution >= 0.6 is 0 Å². The Balaban J connectivity index is 2.51. The van der Waals surface area contributed by atoms with E-state index < -0.39 is 0 Å². The van der Waals surface area contributed by atoms with Gasteiger partial charge in [0, 0.05) is 12.6 Å². The Morgan fingerprint density at radius 3 is 2.83 bits per heavy atom. The molecule has 0 aromatic heterocycles. The molecule has 0 aromatic carbocycles. The van der Waals surface area contributed by atoms with Gasteiger partial charge in [0.1, 0.15) is 0 Å². The first-order valence-electron chi connectivity index (χ1n) is 4.00. The van der Waals surface area contributed by atoms with E-state index in [0.717, 1.165) is 0 Å². The van der Waals surface area contributed by atoms with E-state index >= 15 is 0 Å². The largest absolute Gasteiger partial charge is 0.379 e. The van der Waals surface area contributed by atoms with Gasteiger partial charge in [-0.05, 0) is 6.92 Å². The third-order valence-electron chi connectivity index (χ3n) is 2.00. The van der Waals surface area contributed by atoms with Crippen LogP contribution in [0.15, 0.2) is 0 Å². The summed E-state index contributed by atoms with van der Waals surface area (Å²) in [5.41, 5.74) is 5.59. The summed E-state index contributed by atoms with van der Waals surface area (Å²) in [6.45, 7) is 2.69. The van der Waals surface area contributed by atoms with Gasteiger partial charge in [-0.2, -0.15) is 0 Å². The predicted molar refractivity (Wildman–Crippen MR) is 41.5 cm³/mol. The second-order valence-electron chi connectivity index (χ2n) is 2.86. The van der Waals surface area contributed by atoms with Crippen LogP contribution in [0.4, 0.5) is 0 Å². The van der Waals surface area contributed by atoms with Crippen LogP contribution in [0.2, 0.25) is 0 Å². The van der Waals surface area contributed by atoms with Gasteiger partial charge in [0.05, 0.1) is 19.1 Å². The lowest BCUT2D eigenvalue weighted by Crippen LogP contribution is -2.42. The van der Waals surface area contributed by atoms with Crippen LogP contribution in [0.5, 0.6) is 0 Å². The fraction of sp³-hybridized carbons (Fsp3) is 0.857. The maximum absolute atomic E-state index is 11.3. The molecule has 1 rings (SSSR count). The van der Waals surface area contributed by atoms with Gasteiger partial charge >= 0.3 is 0 Å². The molecule has 2 unspecified atom stereocenters. The van der Waals surface area contributed by atoms with Crippen molar-refractivity contribution in [2.24, 2.45) is 11.7 Å². The number of rotatable bonds is 2. The summed E-state index contributed by atoms with van der Waals surface area (Å²) in [6, 6.07) is -0.279. The Labute approximate surface area is 71.0 Å². The van der Waals surface area contributed by atoms with Crippen molar-refractivity contribution >= 4 is 5.91 Å². The maximum atomic E-state index is 11.3. The van der Waals surface area contributed by atoms with Gasteiger partial charge in [-0.25, -0.2) is 5.06 Å². The zero-order valence-corrected chi connectivity index (χ0v) is 7.06. The fourth-order valence-corrected chi connectivity index (χ4v) is 1.17. The SMILES string of the molecule is CCN(O)C(=O)C1COCC1N. The molecule has 0 saturated carbocycles. The Kier molecular flexibility index (Phi) is 3.02. The topological polar surface area (TPSA) is 75.8 Å². The molecule has 5 heteroatoms. The Morgan fingerprint density at radius 2 is 2.42 bits per heavy atom. The first-order chi connectivity index (χ1) is 5.66. The van der Waals surface area contributed by atoms with Crippen molar-refractivity contribution in [1.29, 1.82) is 0 Å². The van der Waals surface area contributed by atoms with Crippen molar-refractivity contribution < 1.29 is 14.7 Å². The molecule has 3 N–H and O–H groups in total. The molecule has 1 amide bonds. The van der Waals surface area contributed by atoms with Gasteiger partial charge < -0.3 is 10.5 Å². The van der Waals surface area contributed by atoms with Gasteiger partial charge in [-0.3, -0.25) is 10.0 Å². The minimum absolute atomic E-state index is 0.279. The van der Waals surface area contributed by atoms with Crippen molar-refractivity contribution in [2.45, 2.75) is 13.0 Å². The molecule has 0 aliphatic carbocycles. The molecule has 0 radical (unpaired) electrons. The zero-order valence-electron chi connectivity index (χ0n) is 7.06. The number of carbonyl (C=O) groups is 1. The monoisotopic (exact) mass is 174 g/mol. The molecule has 0 spiro atoms. The van der Waals surface area contributed by atoms with E-state index in [1.54, 1.807) is 6.92 Å². The van der Waals surface area contributed by atoms with E-state index in [4.69, 9.17) is 15.7 Å². The maximum Gasteiger partial charge on any atom is 0.253 e. The predicted octanol–water partition coefficient (Wildman–Crippen LogP) is -0.802. The van der Waals surface area contributed by atoms with Crippen LogP contribution < -0.4 is 5.73 Å². The summed E-state index contributed by atoms with van der Waals surface area (Å²) < 4.78 is 5.00. The summed E-state index contributed by atoms with van der Waals surface area (Å²) >= 11 is 0. The lowest BCUT2D eigenvalue weighted by Gasteiger charge is -2.18. The summed E-state index contributed by atoms with van der Waals surface area (Å²) in [5.74, 6) is -0.725. The van der Waals surface area contributed by atoms with Gasteiger partial charge in [-0.1, -0.05) is 0 Å². The highest BCUT2D eigenvalue weighted by Crippen LogP contribution is 2.13. The van der Waals surface area contributed by atoms with Crippen molar-refractivity contribution in [3.05, 3.63) is 0 Å².